The molecule has 1 aromatic carbocycles. The Balaban J connectivity index is 2.53. The van der Waals surface area contributed by atoms with Crippen LogP contribution in [0.4, 0.5) is 0 Å². The Hall–Kier alpha value is -0.870. The molecule has 0 heterocycles. The first-order valence-corrected chi connectivity index (χ1v) is 5.75. The van der Waals surface area contributed by atoms with Crippen LogP contribution in [-0.2, 0) is 10.5 Å². The van der Waals surface area contributed by atoms with Crippen LogP contribution in [0.2, 0.25) is 0 Å². The molecule has 0 saturated heterocycles. The van der Waals surface area contributed by atoms with E-state index in [4.69, 9.17) is 10.8 Å². The van der Waals surface area contributed by atoms with Gasteiger partial charge in [-0.05, 0) is 19.6 Å². The summed E-state index contributed by atoms with van der Waals surface area (Å²) in [6.07, 6.45) is 0. The molecule has 3 N–H and O–H groups in total. The van der Waals surface area contributed by atoms with Gasteiger partial charge in [0.2, 0.25) is 0 Å². The van der Waals surface area contributed by atoms with Gasteiger partial charge in [-0.1, -0.05) is 0 Å². The lowest BCUT2D eigenvalue weighted by molar-refractivity contribution is -0.139. The predicted molar refractivity (Wildman–Crippen MR) is 63.0 cm³/mol. The van der Waals surface area contributed by atoms with Gasteiger partial charge in [-0.15, -0.1) is 0 Å². The van der Waals surface area contributed by atoms with Gasteiger partial charge in [-0.3, -0.25) is 4.79 Å². The third kappa shape index (κ3) is 3.32. The van der Waals surface area contributed by atoms with Crippen LogP contribution in [0.1, 0.15) is 19.4 Å². The summed E-state index contributed by atoms with van der Waals surface area (Å²) in [6, 6.07) is 7.16. The highest BCUT2D eigenvalue weighted by atomic mass is 32.2. The Morgan fingerprint density at radius 3 is 2.87 bits per heavy atom. The van der Waals surface area contributed by atoms with Crippen LogP contribution >= 0.6 is 11.8 Å². The van der Waals surface area contributed by atoms with Gasteiger partial charge >= 0.3 is 5.97 Å². The van der Waals surface area contributed by atoms with E-state index < -0.39 is 16.8 Å². The van der Waals surface area contributed by atoms with Gasteiger partial charge < -0.3 is 10.8 Å². The third-order valence-electron chi connectivity index (χ3n) is 2.36. The molecule has 1 aromatic rings. The molecule has 0 bridgehead atoms. The van der Waals surface area contributed by atoms with Crippen LogP contribution in [0.5, 0.6) is 0 Å². The van der Waals surface area contributed by atoms with Gasteiger partial charge in [0.15, 0.2) is 0 Å². The first kappa shape index (κ1) is 12.2. The van der Waals surface area contributed by atoms with Crippen LogP contribution in [0, 0.1) is 0 Å². The van der Waals surface area contributed by atoms with Gasteiger partial charge in [0.25, 0.3) is 0 Å². The lowest BCUT2D eigenvalue weighted by atomic mass is 10.1. The standard InChI is InChI=1S/C11H16NO2S/c1-11(2,9(12)10(13)14)15-7-8-5-3-4-6-8/h3-6,9H,7,12H2,1-2H3,(H,13,14)/q-1. The lowest BCUT2D eigenvalue weighted by Gasteiger charge is -2.28. The highest BCUT2D eigenvalue weighted by molar-refractivity contribution is 7.99. The second-order valence-corrected chi connectivity index (χ2v) is 5.63. The summed E-state index contributed by atoms with van der Waals surface area (Å²) in [4.78, 5) is 10.8. The van der Waals surface area contributed by atoms with Crippen LogP contribution in [-0.4, -0.2) is 21.9 Å². The molecular weight excluding hydrogens is 210 g/mol. The second-order valence-electron chi connectivity index (χ2n) is 4.00. The van der Waals surface area contributed by atoms with E-state index >= 15 is 0 Å². The number of nitrogens with two attached hydrogens (primary N) is 1. The molecular formula is C11H16NO2S-. The van der Waals surface area contributed by atoms with E-state index in [9.17, 15) is 4.79 Å². The molecule has 1 atom stereocenters. The van der Waals surface area contributed by atoms with Crippen molar-refractivity contribution in [1.82, 2.24) is 0 Å². The second kappa shape index (κ2) is 4.77. The highest BCUT2D eigenvalue weighted by Crippen LogP contribution is 2.30. The number of thioether (sulfide) groups is 1. The molecule has 0 aliphatic carbocycles. The van der Waals surface area contributed by atoms with Crippen molar-refractivity contribution in [2.45, 2.75) is 30.4 Å². The average molecular weight is 226 g/mol. The summed E-state index contributed by atoms with van der Waals surface area (Å²) in [5.41, 5.74) is 6.81. The molecule has 0 aliphatic heterocycles. The molecule has 0 aliphatic rings. The zero-order valence-corrected chi connectivity index (χ0v) is 9.75. The molecule has 1 rings (SSSR count). The van der Waals surface area contributed by atoms with E-state index in [1.54, 1.807) is 11.8 Å². The number of rotatable bonds is 5. The van der Waals surface area contributed by atoms with Crippen molar-refractivity contribution in [1.29, 1.82) is 0 Å². The van der Waals surface area contributed by atoms with E-state index in [0.717, 1.165) is 5.75 Å². The first-order valence-electron chi connectivity index (χ1n) is 4.76. The van der Waals surface area contributed by atoms with Crippen LogP contribution < -0.4 is 5.73 Å². The largest absolute Gasteiger partial charge is 0.480 e. The van der Waals surface area contributed by atoms with E-state index in [-0.39, 0.29) is 0 Å². The predicted octanol–water partition coefficient (Wildman–Crippen LogP) is 1.83. The summed E-state index contributed by atoms with van der Waals surface area (Å²) < 4.78 is -0.455. The maximum Gasteiger partial charge on any atom is 0.321 e. The SMILES string of the molecule is CC(C)(SCc1cc[cH-]c1)C(N)C(=O)O. The molecule has 0 spiro atoms. The Labute approximate surface area is 94.0 Å². The molecule has 4 heteroatoms. The maximum absolute atomic E-state index is 10.8. The molecule has 0 amide bonds. The zero-order chi connectivity index (χ0) is 11.5. The van der Waals surface area contributed by atoms with E-state index in [1.165, 1.54) is 5.56 Å². The minimum absolute atomic E-state index is 0.455. The minimum atomic E-state index is -0.949. The fourth-order valence-corrected chi connectivity index (χ4v) is 2.18. The van der Waals surface area contributed by atoms with Crippen molar-refractivity contribution in [2.24, 2.45) is 5.73 Å². The summed E-state index contributed by atoms with van der Waals surface area (Å²) in [5.74, 6) is -0.156. The van der Waals surface area contributed by atoms with Gasteiger partial charge in [0, 0.05) is 4.75 Å². The van der Waals surface area contributed by atoms with E-state index in [0.29, 0.717) is 0 Å². The Bertz CT molecular complexity index is 319. The summed E-state index contributed by atoms with van der Waals surface area (Å²) in [7, 11) is 0. The van der Waals surface area contributed by atoms with Crippen molar-refractivity contribution in [3.63, 3.8) is 0 Å². The molecule has 0 aromatic heterocycles. The molecule has 0 radical (unpaired) electrons. The molecule has 1 unspecified atom stereocenters. The lowest BCUT2D eigenvalue weighted by Crippen LogP contribution is -2.46. The minimum Gasteiger partial charge on any atom is -0.480 e. The normalized spacial score (nSPS) is 13.8. The maximum atomic E-state index is 10.8. The monoisotopic (exact) mass is 226 g/mol. The summed E-state index contributed by atoms with van der Waals surface area (Å²) in [6.45, 7) is 3.72. The summed E-state index contributed by atoms with van der Waals surface area (Å²) in [5, 5.41) is 8.84. The number of hydrogen-bond acceptors (Lipinski definition) is 3. The molecule has 15 heavy (non-hydrogen) atoms. The van der Waals surface area contributed by atoms with Crippen molar-refractivity contribution >= 4 is 17.7 Å². The van der Waals surface area contributed by atoms with Gasteiger partial charge in [-0.2, -0.15) is 35.5 Å². The number of carbonyl (C=O) groups is 1. The number of hydrogen-bond donors (Lipinski definition) is 2. The van der Waals surface area contributed by atoms with Crippen molar-refractivity contribution < 1.29 is 9.90 Å². The fraction of sp³-hybridized carbons (Fsp3) is 0.455. The quantitative estimate of drug-likeness (QED) is 0.752. The molecule has 3 nitrogen and oxygen atoms in total. The average Bonchev–Trinajstić information content (AvgIpc) is 2.66. The van der Waals surface area contributed by atoms with Gasteiger partial charge in [0.1, 0.15) is 6.04 Å². The number of aliphatic carboxylic acids is 1. The smallest absolute Gasteiger partial charge is 0.321 e. The van der Waals surface area contributed by atoms with Crippen LogP contribution in [0.15, 0.2) is 24.3 Å². The number of carboxylic acids is 1. The van der Waals surface area contributed by atoms with Crippen LogP contribution in [0.3, 0.4) is 0 Å². The Kier molecular flexibility index (Phi) is 3.88. The zero-order valence-electron chi connectivity index (χ0n) is 8.93. The molecule has 84 valence electrons. The third-order valence-corrected chi connectivity index (χ3v) is 3.83. The highest BCUT2D eigenvalue weighted by Gasteiger charge is 2.31. The van der Waals surface area contributed by atoms with E-state index in [1.807, 2.05) is 38.1 Å². The van der Waals surface area contributed by atoms with Crippen molar-refractivity contribution in [3.05, 3.63) is 29.8 Å². The van der Waals surface area contributed by atoms with E-state index in [2.05, 4.69) is 0 Å². The first-order chi connectivity index (χ1) is 6.93. The topological polar surface area (TPSA) is 63.3 Å². The number of carboxylic acid groups (broad SMARTS) is 1. The fourth-order valence-electron chi connectivity index (χ4n) is 1.17. The Morgan fingerprint density at radius 1 is 1.73 bits per heavy atom. The molecule has 0 fully saturated rings. The van der Waals surface area contributed by atoms with Crippen molar-refractivity contribution in [2.75, 3.05) is 0 Å². The van der Waals surface area contributed by atoms with Crippen LogP contribution in [0.25, 0.3) is 0 Å². The molecule has 0 saturated carbocycles. The van der Waals surface area contributed by atoms with Gasteiger partial charge in [0.05, 0.1) is 0 Å². The summed E-state index contributed by atoms with van der Waals surface area (Å²) >= 11 is 1.57. The Morgan fingerprint density at radius 2 is 2.40 bits per heavy atom. The van der Waals surface area contributed by atoms with Gasteiger partial charge in [-0.25, -0.2) is 6.07 Å². The van der Waals surface area contributed by atoms with Crippen molar-refractivity contribution in [3.8, 4) is 0 Å².